The van der Waals surface area contributed by atoms with Gasteiger partial charge in [0.05, 0.1) is 10.2 Å². The number of nitrogens with two attached hydrogens (primary N) is 1. The van der Waals surface area contributed by atoms with Gasteiger partial charge < -0.3 is 10.6 Å². The molecule has 2 heterocycles. The Hall–Kier alpha value is -1.44. The zero-order valence-corrected chi connectivity index (χ0v) is 16.3. The summed E-state index contributed by atoms with van der Waals surface area (Å²) in [5.41, 5.74) is 6.90. The second-order valence-corrected chi connectivity index (χ2v) is 7.12. The van der Waals surface area contributed by atoms with Gasteiger partial charge in [-0.2, -0.15) is 5.10 Å². The molecule has 3 rings (SSSR count). The molecule has 1 aliphatic heterocycles. The molecule has 25 heavy (non-hydrogen) atoms. The molecule has 2 unspecified atom stereocenters. The Kier molecular flexibility index (Phi) is 6.59. The van der Waals surface area contributed by atoms with Gasteiger partial charge in [-0.05, 0) is 59.0 Å². The van der Waals surface area contributed by atoms with Crippen molar-refractivity contribution in [1.29, 1.82) is 0 Å². The van der Waals surface area contributed by atoms with E-state index in [-0.39, 0.29) is 30.2 Å². The van der Waals surface area contributed by atoms with Crippen LogP contribution in [-0.4, -0.2) is 39.7 Å². The van der Waals surface area contributed by atoms with E-state index in [0.29, 0.717) is 34.9 Å². The molecule has 0 radical (unpaired) electrons. The van der Waals surface area contributed by atoms with Crippen molar-refractivity contribution in [2.24, 2.45) is 11.7 Å². The van der Waals surface area contributed by atoms with Crippen molar-refractivity contribution in [3.63, 3.8) is 0 Å². The fourth-order valence-corrected chi connectivity index (χ4v) is 3.55. The number of benzene rings is 1. The third-order valence-corrected chi connectivity index (χ3v) is 5.05. The highest BCUT2D eigenvalue weighted by Gasteiger charge is 2.31. The van der Waals surface area contributed by atoms with Gasteiger partial charge in [-0.3, -0.25) is 4.79 Å². The standard InChI is InChI=1S/C17H20BrFN4O.ClH/c1-11-6-7-22(14(8-11)9-20)17(24)16-15(18)10-23(21-16)13-4-2-12(19)3-5-13;/h2-5,10-11,14H,6-9,20H2,1H3;1H. The average Bonchev–Trinajstić information content (AvgIpc) is 2.96. The summed E-state index contributed by atoms with van der Waals surface area (Å²) in [4.78, 5) is 14.7. The zero-order chi connectivity index (χ0) is 17.3. The second kappa shape index (κ2) is 8.29. The number of carbonyl (C=O) groups is 1. The lowest BCUT2D eigenvalue weighted by Crippen LogP contribution is -2.49. The van der Waals surface area contributed by atoms with E-state index in [1.54, 1.807) is 23.0 Å². The summed E-state index contributed by atoms with van der Waals surface area (Å²) in [5.74, 6) is 0.141. The first-order chi connectivity index (χ1) is 11.5. The minimum absolute atomic E-state index is 0. The molecule has 0 saturated carbocycles. The second-order valence-electron chi connectivity index (χ2n) is 6.26. The van der Waals surface area contributed by atoms with Crippen LogP contribution in [0.3, 0.4) is 0 Å². The minimum Gasteiger partial charge on any atom is -0.333 e. The predicted octanol–water partition coefficient (Wildman–Crippen LogP) is 3.40. The summed E-state index contributed by atoms with van der Waals surface area (Å²) in [6.07, 6.45) is 3.60. The van der Waals surface area contributed by atoms with E-state index in [4.69, 9.17) is 5.73 Å². The van der Waals surface area contributed by atoms with Crippen molar-refractivity contribution < 1.29 is 9.18 Å². The van der Waals surface area contributed by atoms with Crippen LogP contribution in [0.15, 0.2) is 34.9 Å². The van der Waals surface area contributed by atoms with E-state index >= 15 is 0 Å². The smallest absolute Gasteiger partial charge is 0.275 e. The SMILES string of the molecule is CC1CCN(C(=O)c2nn(-c3ccc(F)cc3)cc2Br)C(CN)C1.Cl. The highest BCUT2D eigenvalue weighted by Crippen LogP contribution is 2.26. The van der Waals surface area contributed by atoms with Gasteiger partial charge in [0, 0.05) is 25.3 Å². The number of likely N-dealkylation sites (tertiary alicyclic amines) is 1. The number of piperidine rings is 1. The Morgan fingerprint density at radius 2 is 2.08 bits per heavy atom. The van der Waals surface area contributed by atoms with Crippen molar-refractivity contribution in [2.75, 3.05) is 13.1 Å². The molecule has 136 valence electrons. The van der Waals surface area contributed by atoms with Crippen molar-refractivity contribution in [3.05, 3.63) is 46.4 Å². The van der Waals surface area contributed by atoms with Gasteiger partial charge in [0.15, 0.2) is 5.69 Å². The van der Waals surface area contributed by atoms with Crippen LogP contribution in [0.2, 0.25) is 0 Å². The molecule has 5 nitrogen and oxygen atoms in total. The molecule has 8 heteroatoms. The quantitative estimate of drug-likeness (QED) is 0.810. The Bertz CT molecular complexity index is 737. The number of halogens is 3. The maximum absolute atomic E-state index is 13.1. The summed E-state index contributed by atoms with van der Waals surface area (Å²) in [6.45, 7) is 3.33. The topological polar surface area (TPSA) is 64.2 Å². The van der Waals surface area contributed by atoms with Crippen LogP contribution in [0.25, 0.3) is 5.69 Å². The highest BCUT2D eigenvalue weighted by molar-refractivity contribution is 9.10. The van der Waals surface area contributed by atoms with Crippen molar-refractivity contribution in [1.82, 2.24) is 14.7 Å². The molecular formula is C17H21BrClFN4O. The molecular weight excluding hydrogens is 411 g/mol. The third kappa shape index (κ3) is 4.22. The van der Waals surface area contributed by atoms with E-state index in [1.165, 1.54) is 12.1 Å². The predicted molar refractivity (Wildman–Crippen MR) is 101 cm³/mol. The first-order valence-electron chi connectivity index (χ1n) is 8.01. The summed E-state index contributed by atoms with van der Waals surface area (Å²) in [5, 5.41) is 4.39. The molecule has 1 fully saturated rings. The normalized spacial score (nSPS) is 20.2. The largest absolute Gasteiger partial charge is 0.333 e. The highest BCUT2D eigenvalue weighted by atomic mass is 79.9. The third-order valence-electron chi connectivity index (χ3n) is 4.47. The number of carbonyl (C=O) groups excluding carboxylic acids is 1. The molecule has 0 bridgehead atoms. The van der Waals surface area contributed by atoms with Crippen LogP contribution in [-0.2, 0) is 0 Å². The number of hydrogen-bond acceptors (Lipinski definition) is 3. The van der Waals surface area contributed by atoms with Crippen LogP contribution >= 0.6 is 28.3 Å². The van der Waals surface area contributed by atoms with Crippen LogP contribution in [0.1, 0.15) is 30.3 Å². The maximum Gasteiger partial charge on any atom is 0.275 e. The molecule has 2 N–H and O–H groups in total. The van der Waals surface area contributed by atoms with E-state index in [2.05, 4.69) is 28.0 Å². The number of aromatic nitrogens is 2. The van der Waals surface area contributed by atoms with Gasteiger partial charge in [0.2, 0.25) is 0 Å². The van der Waals surface area contributed by atoms with Crippen molar-refractivity contribution in [3.8, 4) is 5.69 Å². The van der Waals surface area contributed by atoms with E-state index in [9.17, 15) is 9.18 Å². The van der Waals surface area contributed by atoms with E-state index in [1.807, 2.05) is 4.90 Å². The summed E-state index contributed by atoms with van der Waals surface area (Å²) >= 11 is 3.41. The van der Waals surface area contributed by atoms with Gasteiger partial charge in [0.25, 0.3) is 5.91 Å². The van der Waals surface area contributed by atoms with E-state index < -0.39 is 0 Å². The summed E-state index contributed by atoms with van der Waals surface area (Å²) in [7, 11) is 0. The Balaban J connectivity index is 0.00000225. The molecule has 0 aliphatic carbocycles. The first kappa shape index (κ1) is 19.9. The van der Waals surface area contributed by atoms with Crippen molar-refractivity contribution in [2.45, 2.75) is 25.8 Å². The Labute approximate surface area is 160 Å². The van der Waals surface area contributed by atoms with Gasteiger partial charge in [-0.25, -0.2) is 9.07 Å². The van der Waals surface area contributed by atoms with Gasteiger partial charge >= 0.3 is 0 Å². The summed E-state index contributed by atoms with van der Waals surface area (Å²) < 4.78 is 15.2. The van der Waals surface area contributed by atoms with Crippen molar-refractivity contribution >= 4 is 34.2 Å². The monoisotopic (exact) mass is 430 g/mol. The molecule has 1 aliphatic rings. The Morgan fingerprint density at radius 3 is 2.72 bits per heavy atom. The molecule has 0 spiro atoms. The Morgan fingerprint density at radius 1 is 1.40 bits per heavy atom. The summed E-state index contributed by atoms with van der Waals surface area (Å²) in [6, 6.07) is 6.01. The van der Waals surface area contributed by atoms with Gasteiger partial charge in [-0.15, -0.1) is 12.4 Å². The number of amides is 1. The maximum atomic E-state index is 13.1. The van der Waals surface area contributed by atoms with Crippen LogP contribution < -0.4 is 5.73 Å². The number of nitrogens with zero attached hydrogens (tertiary/aromatic N) is 3. The zero-order valence-electron chi connectivity index (χ0n) is 13.9. The molecule has 2 aromatic rings. The number of hydrogen-bond donors (Lipinski definition) is 1. The lowest BCUT2D eigenvalue weighted by Gasteiger charge is -2.37. The fourth-order valence-electron chi connectivity index (χ4n) is 3.10. The molecule has 1 amide bonds. The molecule has 2 atom stereocenters. The lowest BCUT2D eigenvalue weighted by atomic mass is 9.92. The van der Waals surface area contributed by atoms with Gasteiger partial charge in [0.1, 0.15) is 5.82 Å². The van der Waals surface area contributed by atoms with Crippen LogP contribution in [0.5, 0.6) is 0 Å². The lowest BCUT2D eigenvalue weighted by molar-refractivity contribution is 0.0566. The average molecular weight is 432 g/mol. The van der Waals surface area contributed by atoms with E-state index in [0.717, 1.165) is 12.8 Å². The molecule has 1 saturated heterocycles. The molecule has 1 aromatic carbocycles. The first-order valence-corrected chi connectivity index (χ1v) is 8.81. The fraction of sp³-hybridized carbons (Fsp3) is 0.412. The van der Waals surface area contributed by atoms with Crippen LogP contribution in [0.4, 0.5) is 4.39 Å². The van der Waals surface area contributed by atoms with Crippen LogP contribution in [0, 0.1) is 11.7 Å². The number of rotatable bonds is 3. The molecule has 1 aromatic heterocycles. The minimum atomic E-state index is -0.311. The van der Waals surface area contributed by atoms with Gasteiger partial charge in [-0.1, -0.05) is 6.92 Å².